The maximum atomic E-state index is 11.8. The van der Waals surface area contributed by atoms with Gasteiger partial charge in [-0.05, 0) is 24.6 Å². The molecule has 0 amide bonds. The lowest BCUT2D eigenvalue weighted by atomic mass is 10.2. The Morgan fingerprint density at radius 3 is 2.38 bits per heavy atom. The lowest BCUT2D eigenvalue weighted by Crippen LogP contribution is -2.25. The van der Waals surface area contributed by atoms with E-state index in [1.54, 1.807) is 31.2 Å². The largest absolute Gasteiger partial charge is 0.326 e. The van der Waals surface area contributed by atoms with Gasteiger partial charge in [0.1, 0.15) is 0 Å². The molecule has 4 nitrogen and oxygen atoms in total. The van der Waals surface area contributed by atoms with Gasteiger partial charge in [-0.25, -0.2) is 13.1 Å². The van der Waals surface area contributed by atoms with Crippen LogP contribution in [0, 0.1) is 0 Å². The van der Waals surface area contributed by atoms with Gasteiger partial charge in [-0.2, -0.15) is 0 Å². The highest BCUT2D eigenvalue weighted by Crippen LogP contribution is 2.10. The van der Waals surface area contributed by atoms with Crippen LogP contribution in [0.3, 0.4) is 0 Å². The molecule has 0 saturated heterocycles. The molecule has 0 aromatic heterocycles. The Labute approximate surface area is 96.2 Å². The molecule has 3 N–H and O–H groups in total. The van der Waals surface area contributed by atoms with Crippen LogP contribution in [0.1, 0.15) is 12.5 Å². The Bertz CT molecular complexity index is 463. The highest BCUT2D eigenvalue weighted by Gasteiger charge is 2.12. The number of rotatable bonds is 5. The number of benzene rings is 1. The van der Waals surface area contributed by atoms with E-state index in [2.05, 4.69) is 11.3 Å². The average molecular weight is 240 g/mol. The first-order valence-corrected chi connectivity index (χ1v) is 6.37. The smallest absolute Gasteiger partial charge is 0.240 e. The minimum atomic E-state index is -3.43. The molecular weight excluding hydrogens is 224 g/mol. The Balaban J connectivity index is 2.85. The lowest BCUT2D eigenvalue weighted by molar-refractivity contribution is 0.584. The second-order valence-corrected chi connectivity index (χ2v) is 5.40. The van der Waals surface area contributed by atoms with E-state index in [1.165, 1.54) is 0 Å². The van der Waals surface area contributed by atoms with Gasteiger partial charge in [0.25, 0.3) is 0 Å². The molecule has 0 aliphatic heterocycles. The summed E-state index contributed by atoms with van der Waals surface area (Å²) in [6, 6.07) is 6.50. The Hall–Kier alpha value is -1.17. The van der Waals surface area contributed by atoms with Crippen molar-refractivity contribution in [3.63, 3.8) is 0 Å². The lowest BCUT2D eigenvalue weighted by Gasteiger charge is -2.06. The van der Waals surface area contributed by atoms with Crippen molar-refractivity contribution in [3.05, 3.63) is 42.0 Å². The van der Waals surface area contributed by atoms with Gasteiger partial charge >= 0.3 is 0 Å². The number of hydrogen-bond acceptors (Lipinski definition) is 3. The van der Waals surface area contributed by atoms with Crippen LogP contribution in [0.15, 0.2) is 41.3 Å². The molecule has 0 radical (unpaired) electrons. The minimum Gasteiger partial charge on any atom is -0.326 e. The molecule has 0 unspecified atom stereocenters. The van der Waals surface area contributed by atoms with Crippen molar-refractivity contribution in [2.75, 3.05) is 6.54 Å². The quantitative estimate of drug-likeness (QED) is 0.754. The summed E-state index contributed by atoms with van der Waals surface area (Å²) in [4.78, 5) is 0.242. The van der Waals surface area contributed by atoms with Crippen LogP contribution in [0.25, 0.3) is 0 Å². The summed E-state index contributed by atoms with van der Waals surface area (Å²) in [7, 11) is -3.43. The van der Waals surface area contributed by atoms with Crippen molar-refractivity contribution >= 4 is 10.0 Å². The zero-order chi connectivity index (χ0) is 12.2. The van der Waals surface area contributed by atoms with Crippen LogP contribution in [-0.4, -0.2) is 15.0 Å². The summed E-state index contributed by atoms with van der Waals surface area (Å²) < 4.78 is 26.0. The third kappa shape index (κ3) is 3.44. The van der Waals surface area contributed by atoms with Crippen LogP contribution in [0.2, 0.25) is 0 Å². The van der Waals surface area contributed by atoms with Gasteiger partial charge in [0.2, 0.25) is 10.0 Å². The monoisotopic (exact) mass is 240 g/mol. The van der Waals surface area contributed by atoms with E-state index >= 15 is 0 Å². The molecule has 1 aromatic rings. The summed E-state index contributed by atoms with van der Waals surface area (Å²) in [5.74, 6) is 0. The van der Waals surface area contributed by atoms with E-state index in [1.807, 2.05) is 0 Å². The van der Waals surface area contributed by atoms with Gasteiger partial charge in [0.05, 0.1) is 4.90 Å². The topological polar surface area (TPSA) is 72.2 Å². The Morgan fingerprint density at radius 2 is 1.94 bits per heavy atom. The standard InChI is InChI=1S/C11H16N2O2S/c1-9(2)8-13-16(14,15)11-5-3-10(7-12)4-6-11/h3-6,13H,1,7-8,12H2,2H3. The number of sulfonamides is 1. The molecule has 5 heteroatoms. The van der Waals surface area contributed by atoms with Crippen molar-refractivity contribution < 1.29 is 8.42 Å². The van der Waals surface area contributed by atoms with Gasteiger partial charge in [0.15, 0.2) is 0 Å². The fourth-order valence-corrected chi connectivity index (χ4v) is 2.20. The zero-order valence-electron chi connectivity index (χ0n) is 9.23. The van der Waals surface area contributed by atoms with E-state index in [-0.39, 0.29) is 11.4 Å². The second-order valence-electron chi connectivity index (χ2n) is 3.63. The first-order valence-electron chi connectivity index (χ1n) is 4.89. The predicted octanol–water partition coefficient (Wildman–Crippen LogP) is 1.000. The second kappa shape index (κ2) is 5.25. The van der Waals surface area contributed by atoms with Gasteiger partial charge in [-0.1, -0.05) is 24.3 Å². The first-order chi connectivity index (χ1) is 7.45. The third-order valence-electron chi connectivity index (χ3n) is 2.03. The molecule has 88 valence electrons. The van der Waals surface area contributed by atoms with Crippen LogP contribution < -0.4 is 10.5 Å². The predicted molar refractivity (Wildman–Crippen MR) is 64.3 cm³/mol. The van der Waals surface area contributed by atoms with Gasteiger partial charge in [-0.15, -0.1) is 0 Å². The van der Waals surface area contributed by atoms with E-state index in [0.29, 0.717) is 6.54 Å². The van der Waals surface area contributed by atoms with Crippen molar-refractivity contribution in [2.24, 2.45) is 5.73 Å². The zero-order valence-corrected chi connectivity index (χ0v) is 10.0. The van der Waals surface area contributed by atoms with Crippen molar-refractivity contribution in [1.29, 1.82) is 0 Å². The molecule has 0 aliphatic rings. The van der Waals surface area contributed by atoms with Crippen LogP contribution in [0.5, 0.6) is 0 Å². The fourth-order valence-electron chi connectivity index (χ4n) is 1.11. The van der Waals surface area contributed by atoms with Crippen LogP contribution in [0.4, 0.5) is 0 Å². The maximum absolute atomic E-state index is 11.8. The number of hydrogen-bond donors (Lipinski definition) is 2. The summed E-state index contributed by atoms with van der Waals surface area (Å²) in [5.41, 5.74) is 7.10. The summed E-state index contributed by atoms with van der Waals surface area (Å²) in [6.45, 7) is 6.05. The first kappa shape index (κ1) is 12.9. The van der Waals surface area contributed by atoms with E-state index in [9.17, 15) is 8.42 Å². The Morgan fingerprint density at radius 1 is 1.38 bits per heavy atom. The van der Waals surface area contributed by atoms with Gasteiger partial charge < -0.3 is 5.73 Å². The van der Waals surface area contributed by atoms with Crippen molar-refractivity contribution in [1.82, 2.24) is 4.72 Å². The SMILES string of the molecule is C=C(C)CNS(=O)(=O)c1ccc(CN)cc1. The van der Waals surface area contributed by atoms with Crippen LogP contribution >= 0.6 is 0 Å². The molecule has 0 aliphatic carbocycles. The molecule has 0 atom stereocenters. The summed E-state index contributed by atoms with van der Waals surface area (Å²) in [5, 5.41) is 0. The highest BCUT2D eigenvalue weighted by molar-refractivity contribution is 7.89. The molecule has 0 spiro atoms. The van der Waals surface area contributed by atoms with Crippen molar-refractivity contribution in [2.45, 2.75) is 18.4 Å². The van der Waals surface area contributed by atoms with Gasteiger partial charge in [0, 0.05) is 13.1 Å². The average Bonchev–Trinajstić information content (AvgIpc) is 2.27. The van der Waals surface area contributed by atoms with Gasteiger partial charge in [-0.3, -0.25) is 0 Å². The van der Waals surface area contributed by atoms with Crippen LogP contribution in [-0.2, 0) is 16.6 Å². The normalized spacial score (nSPS) is 11.4. The molecule has 0 saturated carbocycles. The molecule has 0 fully saturated rings. The van der Waals surface area contributed by atoms with E-state index < -0.39 is 10.0 Å². The summed E-state index contributed by atoms with van der Waals surface area (Å²) in [6.07, 6.45) is 0. The number of nitrogens with one attached hydrogen (secondary N) is 1. The summed E-state index contributed by atoms with van der Waals surface area (Å²) >= 11 is 0. The molecule has 1 rings (SSSR count). The fraction of sp³-hybridized carbons (Fsp3) is 0.273. The van der Waals surface area contributed by atoms with E-state index in [4.69, 9.17) is 5.73 Å². The van der Waals surface area contributed by atoms with Crippen molar-refractivity contribution in [3.8, 4) is 0 Å². The molecule has 1 aromatic carbocycles. The molecular formula is C11H16N2O2S. The van der Waals surface area contributed by atoms with E-state index in [0.717, 1.165) is 11.1 Å². The molecule has 16 heavy (non-hydrogen) atoms. The molecule has 0 bridgehead atoms. The number of nitrogens with two attached hydrogens (primary N) is 1. The molecule has 0 heterocycles. The maximum Gasteiger partial charge on any atom is 0.240 e. The Kier molecular flexibility index (Phi) is 4.23. The minimum absolute atomic E-state index is 0.242. The third-order valence-corrected chi connectivity index (χ3v) is 3.45. The highest BCUT2D eigenvalue weighted by atomic mass is 32.2.